The molecule has 1 aromatic rings. The van der Waals surface area contributed by atoms with Crippen LogP contribution in [0.5, 0.6) is 0 Å². The summed E-state index contributed by atoms with van der Waals surface area (Å²) in [6.07, 6.45) is 1.03. The number of carbonyl (C=O) groups excluding carboxylic acids is 1. The van der Waals surface area contributed by atoms with Crippen molar-refractivity contribution in [1.82, 2.24) is 10.6 Å². The first-order chi connectivity index (χ1) is 10.2. The van der Waals surface area contributed by atoms with E-state index in [2.05, 4.69) is 10.6 Å². The van der Waals surface area contributed by atoms with Crippen molar-refractivity contribution in [2.75, 3.05) is 13.2 Å². The van der Waals surface area contributed by atoms with Crippen LogP contribution in [0.1, 0.15) is 18.4 Å². The first-order valence-electron chi connectivity index (χ1n) is 7.05. The maximum Gasteiger partial charge on any atom is 0.320 e. The van der Waals surface area contributed by atoms with Crippen molar-refractivity contribution in [1.29, 1.82) is 0 Å². The van der Waals surface area contributed by atoms with Crippen LogP contribution in [0.2, 0.25) is 0 Å². The van der Waals surface area contributed by atoms with Gasteiger partial charge in [-0.05, 0) is 18.4 Å². The second kappa shape index (κ2) is 7.75. The molecule has 0 bridgehead atoms. The molecular weight excluding hydrogens is 272 g/mol. The van der Waals surface area contributed by atoms with Crippen LogP contribution < -0.4 is 10.6 Å². The Morgan fingerprint density at radius 1 is 1.24 bits per heavy atom. The highest BCUT2D eigenvalue weighted by molar-refractivity contribution is 5.84. The predicted molar refractivity (Wildman–Crippen MR) is 76.7 cm³/mol. The molecule has 6 nitrogen and oxygen atoms in total. The summed E-state index contributed by atoms with van der Waals surface area (Å²) in [6.45, 7) is 1.36. The molecule has 3 N–H and O–H groups in total. The molecule has 1 aliphatic rings. The molecule has 2 atom stereocenters. The highest BCUT2D eigenvalue weighted by Gasteiger charge is 2.32. The number of aliphatic carboxylic acids is 1. The first-order valence-corrected chi connectivity index (χ1v) is 7.05. The van der Waals surface area contributed by atoms with Crippen LogP contribution in [0.25, 0.3) is 0 Å². The molecule has 1 saturated heterocycles. The van der Waals surface area contributed by atoms with E-state index in [-0.39, 0.29) is 5.91 Å². The van der Waals surface area contributed by atoms with Crippen LogP contribution in [0.4, 0.5) is 0 Å². The van der Waals surface area contributed by atoms with E-state index < -0.39 is 18.1 Å². The van der Waals surface area contributed by atoms with Gasteiger partial charge >= 0.3 is 5.97 Å². The lowest BCUT2D eigenvalue weighted by Gasteiger charge is -2.12. The van der Waals surface area contributed by atoms with E-state index in [9.17, 15) is 9.59 Å². The second-order valence-electron chi connectivity index (χ2n) is 5.02. The average Bonchev–Trinajstić information content (AvgIpc) is 2.98. The van der Waals surface area contributed by atoms with Crippen molar-refractivity contribution in [3.63, 3.8) is 0 Å². The highest BCUT2D eigenvalue weighted by atomic mass is 16.5. The molecule has 21 heavy (non-hydrogen) atoms. The van der Waals surface area contributed by atoms with Gasteiger partial charge in [-0.25, -0.2) is 0 Å². The summed E-state index contributed by atoms with van der Waals surface area (Å²) in [4.78, 5) is 22.6. The third-order valence-corrected chi connectivity index (χ3v) is 3.42. The van der Waals surface area contributed by atoms with Crippen molar-refractivity contribution < 1.29 is 19.4 Å². The van der Waals surface area contributed by atoms with Crippen LogP contribution in [0.3, 0.4) is 0 Å². The fourth-order valence-electron chi connectivity index (χ4n) is 2.28. The summed E-state index contributed by atoms with van der Waals surface area (Å²) < 4.78 is 5.46. The van der Waals surface area contributed by atoms with Gasteiger partial charge in [0, 0.05) is 6.54 Å². The molecule has 2 rings (SSSR count). The Kier molecular flexibility index (Phi) is 5.71. The van der Waals surface area contributed by atoms with Gasteiger partial charge in [-0.15, -0.1) is 0 Å². The first kappa shape index (κ1) is 15.5. The van der Waals surface area contributed by atoms with Crippen molar-refractivity contribution in [2.45, 2.75) is 31.5 Å². The number of hydrogen-bond donors (Lipinski definition) is 3. The van der Waals surface area contributed by atoms with E-state index in [1.807, 2.05) is 30.3 Å². The smallest absolute Gasteiger partial charge is 0.320 e. The molecule has 1 fully saturated rings. The molecule has 0 unspecified atom stereocenters. The van der Waals surface area contributed by atoms with Gasteiger partial charge in [-0.3, -0.25) is 14.9 Å². The third-order valence-electron chi connectivity index (χ3n) is 3.42. The van der Waals surface area contributed by atoms with Gasteiger partial charge in [-0.2, -0.15) is 0 Å². The average molecular weight is 292 g/mol. The van der Waals surface area contributed by atoms with Gasteiger partial charge in [-0.1, -0.05) is 30.3 Å². The minimum absolute atomic E-state index is 0.165. The highest BCUT2D eigenvalue weighted by Crippen LogP contribution is 2.12. The van der Waals surface area contributed by atoms with E-state index in [4.69, 9.17) is 9.84 Å². The summed E-state index contributed by atoms with van der Waals surface area (Å²) in [7, 11) is 0. The monoisotopic (exact) mass is 292 g/mol. The quantitative estimate of drug-likeness (QED) is 0.638. The Labute approximate surface area is 123 Å². The van der Waals surface area contributed by atoms with Crippen LogP contribution in [-0.2, 0) is 20.9 Å². The van der Waals surface area contributed by atoms with E-state index in [1.165, 1.54) is 0 Å². The molecule has 0 aromatic heterocycles. The van der Waals surface area contributed by atoms with Gasteiger partial charge in [0.1, 0.15) is 6.04 Å². The minimum Gasteiger partial charge on any atom is -0.480 e. The third kappa shape index (κ3) is 4.84. The molecule has 1 heterocycles. The summed E-state index contributed by atoms with van der Waals surface area (Å²) in [6, 6.07) is 8.77. The maximum atomic E-state index is 11.8. The topological polar surface area (TPSA) is 87.7 Å². The molecule has 1 aliphatic heterocycles. The number of amides is 1. The Bertz CT molecular complexity index is 478. The van der Waals surface area contributed by atoms with Crippen LogP contribution >= 0.6 is 0 Å². The lowest BCUT2D eigenvalue weighted by molar-refractivity contribution is -0.139. The summed E-state index contributed by atoms with van der Waals surface area (Å²) in [5.41, 5.74) is 1.09. The second-order valence-corrected chi connectivity index (χ2v) is 5.02. The molecule has 0 spiro atoms. The zero-order chi connectivity index (χ0) is 15.1. The summed E-state index contributed by atoms with van der Waals surface area (Å²) in [5.74, 6) is -1.07. The van der Waals surface area contributed by atoms with Crippen molar-refractivity contribution >= 4 is 11.9 Å². The van der Waals surface area contributed by atoms with E-state index in [0.717, 1.165) is 5.56 Å². The van der Waals surface area contributed by atoms with Crippen LogP contribution in [-0.4, -0.2) is 42.2 Å². The number of ether oxygens (including phenoxy) is 1. The number of rotatable bonds is 7. The molecular formula is C15H20N2O4. The van der Waals surface area contributed by atoms with Crippen molar-refractivity contribution in [3.8, 4) is 0 Å². The summed E-state index contributed by atoms with van der Waals surface area (Å²) >= 11 is 0. The van der Waals surface area contributed by atoms with Gasteiger partial charge in [0.15, 0.2) is 0 Å². The SMILES string of the molecule is O=C(O)[C@@H]1CC[C@H](C(=O)NCCOCc2ccccc2)N1. The van der Waals surface area contributed by atoms with Crippen molar-refractivity contribution in [2.24, 2.45) is 0 Å². The molecule has 6 heteroatoms. The predicted octanol–water partition coefficient (Wildman–Crippen LogP) is 0.525. The largest absolute Gasteiger partial charge is 0.480 e. The number of carboxylic acids is 1. The number of nitrogens with one attached hydrogen (secondary N) is 2. The molecule has 0 radical (unpaired) electrons. The normalized spacial score (nSPS) is 21.1. The lowest BCUT2D eigenvalue weighted by Crippen LogP contribution is -2.45. The van der Waals surface area contributed by atoms with Crippen LogP contribution in [0, 0.1) is 0 Å². The molecule has 0 saturated carbocycles. The molecule has 114 valence electrons. The number of benzene rings is 1. The standard InChI is InChI=1S/C15H20N2O4/c18-14(12-6-7-13(17-12)15(19)20)16-8-9-21-10-11-4-2-1-3-5-11/h1-5,12-13,17H,6-10H2,(H,16,18)(H,19,20)/t12-,13+/m1/s1. The maximum absolute atomic E-state index is 11.8. The van der Waals surface area contributed by atoms with Gasteiger partial charge in [0.2, 0.25) is 5.91 Å². The molecule has 1 aromatic carbocycles. The van der Waals surface area contributed by atoms with Gasteiger partial charge < -0.3 is 15.2 Å². The van der Waals surface area contributed by atoms with Gasteiger partial charge in [0.05, 0.1) is 19.3 Å². The Hall–Kier alpha value is -1.92. The van der Waals surface area contributed by atoms with E-state index >= 15 is 0 Å². The van der Waals surface area contributed by atoms with Gasteiger partial charge in [0.25, 0.3) is 0 Å². The minimum atomic E-state index is -0.906. The number of carbonyl (C=O) groups is 2. The molecule has 1 amide bonds. The van der Waals surface area contributed by atoms with E-state index in [1.54, 1.807) is 0 Å². The Morgan fingerprint density at radius 2 is 1.95 bits per heavy atom. The van der Waals surface area contributed by atoms with Crippen LogP contribution in [0.15, 0.2) is 30.3 Å². The Balaban J connectivity index is 1.59. The fourth-order valence-corrected chi connectivity index (χ4v) is 2.28. The fraction of sp³-hybridized carbons (Fsp3) is 0.467. The zero-order valence-electron chi connectivity index (χ0n) is 11.7. The lowest BCUT2D eigenvalue weighted by atomic mass is 10.2. The van der Waals surface area contributed by atoms with Crippen molar-refractivity contribution in [3.05, 3.63) is 35.9 Å². The zero-order valence-corrected chi connectivity index (χ0v) is 11.7. The molecule has 0 aliphatic carbocycles. The number of carboxylic acid groups (broad SMARTS) is 1. The number of hydrogen-bond acceptors (Lipinski definition) is 4. The van der Waals surface area contributed by atoms with E-state index in [0.29, 0.717) is 32.6 Å². The summed E-state index contributed by atoms with van der Waals surface area (Å²) in [5, 5.41) is 14.4. The Morgan fingerprint density at radius 3 is 2.62 bits per heavy atom.